The maximum atomic E-state index is 13.3. The van der Waals surface area contributed by atoms with E-state index in [0.717, 1.165) is 33.5 Å². The van der Waals surface area contributed by atoms with Crippen LogP contribution in [-0.2, 0) is 16.0 Å². The van der Waals surface area contributed by atoms with Gasteiger partial charge >= 0.3 is 11.9 Å². The first-order chi connectivity index (χ1) is 18.7. The van der Waals surface area contributed by atoms with E-state index >= 15 is 0 Å². The first-order valence-electron chi connectivity index (χ1n) is 12.9. The number of aromatic amines is 1. The maximum absolute atomic E-state index is 13.3. The Bertz CT molecular complexity index is 1350. The number of nitrogens with zero attached hydrogens (tertiary/aromatic N) is 3. The van der Waals surface area contributed by atoms with Crippen molar-refractivity contribution in [2.24, 2.45) is 0 Å². The number of aromatic nitrogens is 2. The SMILES string of the molecule is O=C(CC1SC(Cc2ccccc2)N(CC(F)(F)F)C1=O)N1CCC(n2cc(-c3ccccc3)[nH]c2=O)CC1. The zero-order valence-corrected chi connectivity index (χ0v) is 22.0. The Hall–Kier alpha value is -3.47. The first-order valence-corrected chi connectivity index (χ1v) is 13.8. The average molecular weight is 559 g/mol. The molecule has 0 bridgehead atoms. The summed E-state index contributed by atoms with van der Waals surface area (Å²) in [5.74, 6) is -0.896. The normalized spacial score (nSPS) is 20.5. The zero-order chi connectivity index (χ0) is 27.6. The molecular weight excluding hydrogens is 529 g/mol. The van der Waals surface area contributed by atoms with E-state index in [2.05, 4.69) is 4.98 Å². The number of amides is 2. The molecule has 7 nitrogen and oxygen atoms in total. The molecular formula is C28H29F3N4O3S. The molecule has 0 aliphatic carbocycles. The van der Waals surface area contributed by atoms with Gasteiger partial charge in [0, 0.05) is 38.2 Å². The molecule has 2 fully saturated rings. The van der Waals surface area contributed by atoms with Gasteiger partial charge in [-0.1, -0.05) is 60.7 Å². The molecule has 5 rings (SSSR count). The quantitative estimate of drug-likeness (QED) is 0.464. The fourth-order valence-electron chi connectivity index (χ4n) is 5.26. The van der Waals surface area contributed by atoms with Crippen molar-refractivity contribution in [2.75, 3.05) is 19.6 Å². The van der Waals surface area contributed by atoms with E-state index < -0.39 is 29.3 Å². The molecule has 0 saturated carbocycles. The molecule has 0 spiro atoms. The van der Waals surface area contributed by atoms with Crippen LogP contribution in [0, 0.1) is 0 Å². The Morgan fingerprint density at radius 1 is 0.974 bits per heavy atom. The lowest BCUT2D eigenvalue weighted by Crippen LogP contribution is -2.44. The van der Waals surface area contributed by atoms with Crippen molar-refractivity contribution >= 4 is 23.6 Å². The van der Waals surface area contributed by atoms with Crippen LogP contribution in [0.5, 0.6) is 0 Å². The monoisotopic (exact) mass is 558 g/mol. The molecule has 2 atom stereocenters. The summed E-state index contributed by atoms with van der Waals surface area (Å²) >= 11 is 1.13. The Morgan fingerprint density at radius 3 is 2.26 bits per heavy atom. The van der Waals surface area contributed by atoms with Gasteiger partial charge in [-0.25, -0.2) is 4.79 Å². The van der Waals surface area contributed by atoms with Crippen molar-refractivity contribution in [1.29, 1.82) is 0 Å². The van der Waals surface area contributed by atoms with Crippen molar-refractivity contribution in [1.82, 2.24) is 19.4 Å². The van der Waals surface area contributed by atoms with E-state index in [9.17, 15) is 27.6 Å². The number of halogens is 3. The van der Waals surface area contributed by atoms with Crippen LogP contribution in [0.4, 0.5) is 13.2 Å². The fraction of sp³-hybridized carbons (Fsp3) is 0.393. The van der Waals surface area contributed by atoms with Crippen LogP contribution < -0.4 is 5.69 Å². The van der Waals surface area contributed by atoms with Gasteiger partial charge in [0.15, 0.2) is 0 Å². The number of hydrogen-bond donors (Lipinski definition) is 1. The number of carbonyl (C=O) groups excluding carboxylic acids is 2. The Balaban J connectivity index is 1.20. The van der Waals surface area contributed by atoms with Gasteiger partial charge in [0.1, 0.15) is 6.54 Å². The topological polar surface area (TPSA) is 78.4 Å². The van der Waals surface area contributed by atoms with Gasteiger partial charge in [0.2, 0.25) is 11.8 Å². The molecule has 3 heterocycles. The van der Waals surface area contributed by atoms with Crippen LogP contribution >= 0.6 is 11.8 Å². The molecule has 206 valence electrons. The minimum absolute atomic E-state index is 0.0738. The maximum Gasteiger partial charge on any atom is 0.406 e. The lowest BCUT2D eigenvalue weighted by atomic mass is 10.0. The third kappa shape index (κ3) is 6.41. The van der Waals surface area contributed by atoms with Crippen molar-refractivity contribution in [3.63, 3.8) is 0 Å². The second-order valence-electron chi connectivity index (χ2n) is 9.91. The van der Waals surface area contributed by atoms with E-state index in [1.807, 2.05) is 48.5 Å². The third-order valence-corrected chi connectivity index (χ3v) is 8.66. The summed E-state index contributed by atoms with van der Waals surface area (Å²) in [7, 11) is 0. The third-order valence-electron chi connectivity index (χ3n) is 7.23. The number of rotatable bonds is 7. The molecule has 2 aliphatic rings. The number of carbonyl (C=O) groups is 2. The molecule has 0 radical (unpaired) electrons. The van der Waals surface area contributed by atoms with Gasteiger partial charge in [-0.2, -0.15) is 13.2 Å². The minimum Gasteiger partial charge on any atom is -0.342 e. The van der Waals surface area contributed by atoms with Gasteiger partial charge < -0.3 is 14.8 Å². The Morgan fingerprint density at radius 2 is 1.62 bits per heavy atom. The van der Waals surface area contributed by atoms with Crippen LogP contribution in [0.2, 0.25) is 0 Å². The van der Waals surface area contributed by atoms with Crippen LogP contribution in [0.3, 0.4) is 0 Å². The number of nitrogens with one attached hydrogen (secondary N) is 1. The van der Waals surface area contributed by atoms with E-state index in [1.54, 1.807) is 27.8 Å². The summed E-state index contributed by atoms with van der Waals surface area (Å²) in [6, 6.07) is 18.5. The molecule has 1 N–H and O–H groups in total. The number of hydrogen-bond acceptors (Lipinski definition) is 4. The summed E-state index contributed by atoms with van der Waals surface area (Å²) in [4.78, 5) is 44.1. The van der Waals surface area contributed by atoms with Gasteiger partial charge in [-0.05, 0) is 24.0 Å². The van der Waals surface area contributed by atoms with Crippen molar-refractivity contribution in [2.45, 2.75) is 48.5 Å². The Kier molecular flexibility index (Phi) is 7.88. The molecule has 39 heavy (non-hydrogen) atoms. The fourth-order valence-corrected chi connectivity index (χ4v) is 6.74. The van der Waals surface area contributed by atoms with E-state index in [-0.39, 0.29) is 30.5 Å². The molecule has 2 saturated heterocycles. The highest BCUT2D eigenvalue weighted by Gasteiger charge is 2.46. The number of thioether (sulfide) groups is 1. The van der Waals surface area contributed by atoms with Gasteiger partial charge in [0.25, 0.3) is 0 Å². The lowest BCUT2D eigenvalue weighted by molar-refractivity contribution is -0.161. The predicted molar refractivity (Wildman–Crippen MR) is 143 cm³/mol. The van der Waals surface area contributed by atoms with E-state index in [4.69, 9.17) is 0 Å². The summed E-state index contributed by atoms with van der Waals surface area (Å²) in [6.45, 7) is -0.511. The molecule has 11 heteroatoms. The second kappa shape index (κ2) is 11.3. The van der Waals surface area contributed by atoms with Crippen molar-refractivity contribution in [3.8, 4) is 11.3 Å². The molecule has 2 aliphatic heterocycles. The second-order valence-corrected chi connectivity index (χ2v) is 11.3. The van der Waals surface area contributed by atoms with Crippen LogP contribution in [-0.4, -0.2) is 67.6 Å². The smallest absolute Gasteiger partial charge is 0.342 e. The number of alkyl halides is 3. The highest BCUT2D eigenvalue weighted by atomic mass is 32.2. The van der Waals surface area contributed by atoms with Crippen LogP contribution in [0.25, 0.3) is 11.3 Å². The predicted octanol–water partition coefficient (Wildman–Crippen LogP) is 4.47. The number of likely N-dealkylation sites (tertiary alicyclic amines) is 1. The highest BCUT2D eigenvalue weighted by molar-refractivity contribution is 8.01. The summed E-state index contributed by atoms with van der Waals surface area (Å²) in [5, 5.41) is -1.55. The number of imidazole rings is 1. The van der Waals surface area contributed by atoms with Gasteiger partial charge in [0.05, 0.1) is 16.3 Å². The van der Waals surface area contributed by atoms with Gasteiger partial charge in [-0.15, -0.1) is 11.8 Å². The molecule has 2 amide bonds. The van der Waals surface area contributed by atoms with Crippen molar-refractivity contribution in [3.05, 3.63) is 82.9 Å². The summed E-state index contributed by atoms with van der Waals surface area (Å²) < 4.78 is 41.5. The zero-order valence-electron chi connectivity index (χ0n) is 21.1. The summed E-state index contributed by atoms with van der Waals surface area (Å²) in [6.07, 6.45) is -1.45. The van der Waals surface area contributed by atoms with Crippen LogP contribution in [0.1, 0.15) is 30.9 Å². The van der Waals surface area contributed by atoms with E-state index in [0.29, 0.717) is 25.9 Å². The summed E-state index contributed by atoms with van der Waals surface area (Å²) in [5.41, 5.74) is 2.26. The molecule has 2 aromatic carbocycles. The number of piperidine rings is 1. The average Bonchev–Trinajstić information content (AvgIpc) is 3.44. The molecule has 2 unspecified atom stereocenters. The van der Waals surface area contributed by atoms with E-state index in [1.165, 1.54) is 0 Å². The molecule has 1 aromatic heterocycles. The number of H-pyrrole nitrogens is 1. The largest absolute Gasteiger partial charge is 0.406 e. The van der Waals surface area contributed by atoms with Crippen LogP contribution in [0.15, 0.2) is 71.7 Å². The lowest BCUT2D eigenvalue weighted by Gasteiger charge is -2.32. The minimum atomic E-state index is -4.53. The van der Waals surface area contributed by atoms with Gasteiger partial charge in [-0.3, -0.25) is 14.2 Å². The Labute approximate surface area is 228 Å². The van der Waals surface area contributed by atoms with Crippen molar-refractivity contribution < 1.29 is 22.8 Å². The number of benzene rings is 2. The standard InChI is InChI=1S/C28H29F3N4O3S/c29-28(30,31)18-35-25(15-19-7-3-1-4-8-19)39-23(26(35)37)16-24(36)33-13-11-21(12-14-33)34-17-22(32-27(34)38)20-9-5-2-6-10-20/h1-10,17,21,23,25H,11-16,18H2,(H,32,38). The highest BCUT2D eigenvalue weighted by Crippen LogP contribution is 2.38. The first kappa shape index (κ1) is 27.1. The molecule has 3 aromatic rings.